The van der Waals surface area contributed by atoms with Gasteiger partial charge in [0, 0.05) is 30.3 Å². The third kappa shape index (κ3) is 4.50. The summed E-state index contributed by atoms with van der Waals surface area (Å²) in [5.74, 6) is 0.512. The van der Waals surface area contributed by atoms with Gasteiger partial charge in [0.25, 0.3) is 5.91 Å². The molecule has 1 N–H and O–H groups in total. The van der Waals surface area contributed by atoms with E-state index in [4.69, 9.17) is 16.3 Å². The molecule has 1 heterocycles. The zero-order valence-corrected chi connectivity index (χ0v) is 16.1. The summed E-state index contributed by atoms with van der Waals surface area (Å²) in [5, 5.41) is 3.63. The van der Waals surface area contributed by atoms with Crippen molar-refractivity contribution in [2.24, 2.45) is 0 Å². The molecule has 1 aliphatic heterocycles. The highest BCUT2D eigenvalue weighted by Crippen LogP contribution is 2.27. The Hall–Kier alpha value is -2.20. The lowest BCUT2D eigenvalue weighted by molar-refractivity contribution is -0.134. The van der Waals surface area contributed by atoms with Gasteiger partial charge < -0.3 is 15.0 Å². The molecular weight excluding hydrogens is 348 g/mol. The Morgan fingerprint density at radius 3 is 2.69 bits per heavy atom. The fourth-order valence-electron chi connectivity index (χ4n) is 3.17. The van der Waals surface area contributed by atoms with Crippen molar-refractivity contribution in [3.05, 3.63) is 59.1 Å². The van der Waals surface area contributed by atoms with E-state index in [2.05, 4.69) is 34.5 Å². The van der Waals surface area contributed by atoms with Crippen LogP contribution in [0.2, 0.25) is 5.02 Å². The van der Waals surface area contributed by atoms with Gasteiger partial charge in [-0.1, -0.05) is 29.8 Å². The highest BCUT2D eigenvalue weighted by molar-refractivity contribution is 6.30. The maximum absolute atomic E-state index is 12.5. The topological polar surface area (TPSA) is 41.6 Å². The molecule has 2 aromatic rings. The Morgan fingerprint density at radius 1 is 1.19 bits per heavy atom. The Balaban J connectivity index is 1.44. The zero-order valence-electron chi connectivity index (χ0n) is 15.3. The van der Waals surface area contributed by atoms with Crippen LogP contribution in [0.15, 0.2) is 48.5 Å². The molecule has 1 amide bonds. The number of nitrogens with one attached hydrogen (secondary N) is 1. The Morgan fingerprint density at radius 2 is 1.92 bits per heavy atom. The van der Waals surface area contributed by atoms with E-state index in [9.17, 15) is 4.79 Å². The SMILES string of the molecule is CC(C)(Oc1ccc(Cl)cc1)C(=O)NCCCN1CCc2ccccc21. The van der Waals surface area contributed by atoms with Crippen molar-refractivity contribution < 1.29 is 9.53 Å². The Bertz CT molecular complexity index is 759. The average molecular weight is 373 g/mol. The van der Waals surface area contributed by atoms with Crippen LogP contribution in [0.4, 0.5) is 5.69 Å². The van der Waals surface area contributed by atoms with Crippen LogP contribution < -0.4 is 15.0 Å². The van der Waals surface area contributed by atoms with Crippen LogP contribution in [0, 0.1) is 0 Å². The Kier molecular flexibility index (Phi) is 5.72. The Labute approximate surface area is 160 Å². The molecule has 4 nitrogen and oxygen atoms in total. The van der Waals surface area contributed by atoms with E-state index in [1.165, 1.54) is 11.3 Å². The first-order valence-electron chi connectivity index (χ1n) is 9.01. The largest absolute Gasteiger partial charge is 0.478 e. The number of carbonyl (C=O) groups excluding carboxylic acids is 1. The summed E-state index contributed by atoms with van der Waals surface area (Å²) in [6.07, 6.45) is 2.00. The molecule has 0 atom stereocenters. The lowest BCUT2D eigenvalue weighted by atomic mass is 10.1. The standard InChI is InChI=1S/C21H25ClN2O2/c1-21(2,26-18-10-8-17(22)9-11-18)20(25)23-13-5-14-24-15-12-16-6-3-4-7-19(16)24/h3-4,6-11H,5,12-15H2,1-2H3,(H,23,25). The number of benzene rings is 2. The third-order valence-electron chi connectivity index (χ3n) is 4.61. The monoisotopic (exact) mass is 372 g/mol. The number of hydrogen-bond acceptors (Lipinski definition) is 3. The van der Waals surface area contributed by atoms with Gasteiger partial charge in [0.1, 0.15) is 5.75 Å². The minimum absolute atomic E-state index is 0.116. The zero-order chi connectivity index (χ0) is 18.6. The molecule has 3 rings (SSSR count). The normalized spacial score (nSPS) is 13.4. The number of rotatable bonds is 7. The van der Waals surface area contributed by atoms with Crippen molar-refractivity contribution in [1.29, 1.82) is 0 Å². The lowest BCUT2D eigenvalue weighted by Gasteiger charge is -2.26. The molecule has 0 spiro atoms. The summed E-state index contributed by atoms with van der Waals surface area (Å²) in [6, 6.07) is 15.6. The summed E-state index contributed by atoms with van der Waals surface area (Å²) in [6.45, 7) is 6.17. The van der Waals surface area contributed by atoms with Crippen molar-refractivity contribution >= 4 is 23.2 Å². The van der Waals surface area contributed by atoms with E-state index in [-0.39, 0.29) is 5.91 Å². The second kappa shape index (κ2) is 8.00. The van der Waals surface area contributed by atoms with E-state index in [1.807, 2.05) is 0 Å². The predicted octanol–water partition coefficient (Wildman–Crippen LogP) is 4.07. The minimum Gasteiger partial charge on any atom is -0.478 e. The maximum atomic E-state index is 12.5. The average Bonchev–Trinajstić information content (AvgIpc) is 3.03. The first kappa shape index (κ1) is 18.6. The van der Waals surface area contributed by atoms with Gasteiger partial charge in [0.15, 0.2) is 5.60 Å². The van der Waals surface area contributed by atoms with Gasteiger partial charge in [-0.15, -0.1) is 0 Å². The first-order chi connectivity index (χ1) is 12.5. The van der Waals surface area contributed by atoms with Crippen LogP contribution in [-0.2, 0) is 11.2 Å². The molecule has 0 bridgehead atoms. The molecule has 0 aromatic heterocycles. The highest BCUT2D eigenvalue weighted by atomic mass is 35.5. The number of fused-ring (bicyclic) bond motifs is 1. The van der Waals surface area contributed by atoms with E-state index in [1.54, 1.807) is 38.1 Å². The first-order valence-corrected chi connectivity index (χ1v) is 9.39. The smallest absolute Gasteiger partial charge is 0.263 e. The summed E-state index contributed by atoms with van der Waals surface area (Å²) in [7, 11) is 0. The molecule has 138 valence electrons. The van der Waals surface area contributed by atoms with Crippen LogP contribution in [0.3, 0.4) is 0 Å². The molecular formula is C21H25ClN2O2. The molecule has 5 heteroatoms. The van der Waals surface area contributed by atoms with E-state index >= 15 is 0 Å². The van der Waals surface area contributed by atoms with Gasteiger partial charge in [-0.25, -0.2) is 0 Å². The fraction of sp³-hybridized carbons (Fsp3) is 0.381. The van der Waals surface area contributed by atoms with Crippen molar-refractivity contribution in [1.82, 2.24) is 5.32 Å². The molecule has 0 fully saturated rings. The number of nitrogens with zero attached hydrogens (tertiary/aromatic N) is 1. The van der Waals surface area contributed by atoms with Crippen molar-refractivity contribution in [3.8, 4) is 5.75 Å². The fourth-order valence-corrected chi connectivity index (χ4v) is 3.29. The van der Waals surface area contributed by atoms with E-state index in [0.29, 0.717) is 17.3 Å². The number of para-hydroxylation sites is 1. The minimum atomic E-state index is -0.936. The van der Waals surface area contributed by atoms with Crippen molar-refractivity contribution in [2.75, 3.05) is 24.5 Å². The summed E-state index contributed by atoms with van der Waals surface area (Å²) in [5.41, 5.74) is 1.80. The molecule has 26 heavy (non-hydrogen) atoms. The molecule has 0 radical (unpaired) electrons. The quantitative estimate of drug-likeness (QED) is 0.745. The number of hydrogen-bond donors (Lipinski definition) is 1. The third-order valence-corrected chi connectivity index (χ3v) is 4.86. The van der Waals surface area contributed by atoms with Gasteiger partial charge >= 0.3 is 0 Å². The lowest BCUT2D eigenvalue weighted by Crippen LogP contribution is -2.47. The van der Waals surface area contributed by atoms with Gasteiger partial charge in [0.2, 0.25) is 0 Å². The number of ether oxygens (including phenoxy) is 1. The summed E-state index contributed by atoms with van der Waals surface area (Å²) < 4.78 is 5.81. The van der Waals surface area contributed by atoms with Crippen LogP contribution >= 0.6 is 11.6 Å². The predicted molar refractivity (Wildman–Crippen MR) is 106 cm³/mol. The second-order valence-corrected chi connectivity index (χ2v) is 7.48. The molecule has 0 saturated carbocycles. The van der Waals surface area contributed by atoms with Crippen molar-refractivity contribution in [3.63, 3.8) is 0 Å². The van der Waals surface area contributed by atoms with Crippen LogP contribution in [0.25, 0.3) is 0 Å². The van der Waals surface area contributed by atoms with Gasteiger partial charge in [-0.05, 0) is 62.6 Å². The van der Waals surface area contributed by atoms with Crippen LogP contribution in [0.1, 0.15) is 25.8 Å². The number of halogens is 1. The molecule has 0 aliphatic carbocycles. The second-order valence-electron chi connectivity index (χ2n) is 7.04. The molecule has 0 saturated heterocycles. The number of carbonyl (C=O) groups is 1. The maximum Gasteiger partial charge on any atom is 0.263 e. The van der Waals surface area contributed by atoms with Crippen LogP contribution in [-0.4, -0.2) is 31.1 Å². The summed E-state index contributed by atoms with van der Waals surface area (Å²) in [4.78, 5) is 14.8. The van der Waals surface area contributed by atoms with Gasteiger partial charge in [-0.3, -0.25) is 4.79 Å². The molecule has 0 unspecified atom stereocenters. The number of amides is 1. The van der Waals surface area contributed by atoms with Crippen LogP contribution in [0.5, 0.6) is 5.75 Å². The molecule has 1 aliphatic rings. The van der Waals surface area contributed by atoms with Gasteiger partial charge in [-0.2, -0.15) is 0 Å². The number of anilines is 1. The summed E-state index contributed by atoms with van der Waals surface area (Å²) >= 11 is 5.88. The van der Waals surface area contributed by atoms with Gasteiger partial charge in [0.05, 0.1) is 0 Å². The van der Waals surface area contributed by atoms with E-state index in [0.717, 1.165) is 25.9 Å². The van der Waals surface area contributed by atoms with E-state index < -0.39 is 5.60 Å². The van der Waals surface area contributed by atoms with Crippen molar-refractivity contribution in [2.45, 2.75) is 32.3 Å². The highest BCUT2D eigenvalue weighted by Gasteiger charge is 2.29. The molecule has 2 aromatic carbocycles.